The zero-order chi connectivity index (χ0) is 10.7. The summed E-state index contributed by atoms with van der Waals surface area (Å²) in [5.41, 5.74) is 1.33. The molecule has 15 heavy (non-hydrogen) atoms. The molecule has 1 heterocycles. The van der Waals surface area contributed by atoms with Crippen LogP contribution in [0.3, 0.4) is 0 Å². The van der Waals surface area contributed by atoms with Crippen LogP contribution in [-0.4, -0.2) is 19.7 Å². The van der Waals surface area contributed by atoms with E-state index in [4.69, 9.17) is 4.74 Å². The number of nitrogens with one attached hydrogen (secondary N) is 1. The van der Waals surface area contributed by atoms with E-state index in [0.717, 1.165) is 23.2 Å². The van der Waals surface area contributed by atoms with Crippen molar-refractivity contribution >= 4 is 15.9 Å². The van der Waals surface area contributed by atoms with Crippen molar-refractivity contribution in [1.29, 1.82) is 0 Å². The molecular formula is C12H16BrNO. The minimum Gasteiger partial charge on any atom is -0.497 e. The second-order valence-corrected chi connectivity index (χ2v) is 4.91. The molecule has 0 aliphatic carbocycles. The van der Waals surface area contributed by atoms with Crippen LogP contribution in [0.25, 0.3) is 0 Å². The molecule has 0 saturated carbocycles. The van der Waals surface area contributed by atoms with Crippen LogP contribution in [0, 0.1) is 0 Å². The fraction of sp³-hybridized carbons (Fsp3) is 0.500. The molecule has 1 aliphatic heterocycles. The predicted octanol–water partition coefficient (Wildman–Crippen LogP) is 2.75. The third-order valence-corrected chi connectivity index (χ3v) is 3.27. The van der Waals surface area contributed by atoms with Gasteiger partial charge < -0.3 is 10.1 Å². The van der Waals surface area contributed by atoms with Crippen molar-refractivity contribution in [2.45, 2.75) is 25.3 Å². The first-order chi connectivity index (χ1) is 7.28. The average molecular weight is 270 g/mol. The molecule has 0 aromatic heterocycles. The van der Waals surface area contributed by atoms with Gasteiger partial charge in [0, 0.05) is 10.5 Å². The van der Waals surface area contributed by atoms with Gasteiger partial charge in [-0.3, -0.25) is 0 Å². The molecule has 1 fully saturated rings. The fourth-order valence-corrected chi connectivity index (χ4v) is 2.59. The van der Waals surface area contributed by atoms with Crippen LogP contribution < -0.4 is 10.1 Å². The lowest BCUT2D eigenvalue weighted by Crippen LogP contribution is -2.23. The summed E-state index contributed by atoms with van der Waals surface area (Å²) in [5, 5.41) is 3.51. The third-order valence-electron chi connectivity index (χ3n) is 2.81. The van der Waals surface area contributed by atoms with Gasteiger partial charge in [-0.1, -0.05) is 15.9 Å². The molecule has 0 bridgehead atoms. The Kier molecular flexibility index (Phi) is 3.65. The maximum absolute atomic E-state index is 5.25. The molecule has 1 atom stereocenters. The van der Waals surface area contributed by atoms with Crippen molar-refractivity contribution in [3.05, 3.63) is 28.2 Å². The number of methoxy groups -OCH3 is 1. The van der Waals surface area contributed by atoms with E-state index in [-0.39, 0.29) is 0 Å². The van der Waals surface area contributed by atoms with Crippen molar-refractivity contribution in [2.75, 3.05) is 13.7 Å². The van der Waals surface area contributed by atoms with E-state index in [9.17, 15) is 0 Å². The summed E-state index contributed by atoms with van der Waals surface area (Å²) in [5.74, 6) is 0.928. The third kappa shape index (κ3) is 2.95. The fourth-order valence-electron chi connectivity index (χ4n) is 2.07. The largest absolute Gasteiger partial charge is 0.497 e. The van der Waals surface area contributed by atoms with Gasteiger partial charge >= 0.3 is 0 Å². The number of halogens is 1. The summed E-state index contributed by atoms with van der Waals surface area (Å²) in [7, 11) is 1.71. The van der Waals surface area contributed by atoms with Crippen LogP contribution in [0.5, 0.6) is 5.75 Å². The number of hydrogen-bond acceptors (Lipinski definition) is 2. The standard InChI is InChI=1S/C12H16BrNO/c1-15-12-7-9(5-10(13)8-12)6-11-3-2-4-14-11/h5,7-8,11,14H,2-4,6H2,1H3. The summed E-state index contributed by atoms with van der Waals surface area (Å²) in [6.45, 7) is 1.16. The number of ether oxygens (including phenoxy) is 1. The van der Waals surface area contributed by atoms with Crippen molar-refractivity contribution < 1.29 is 4.74 Å². The summed E-state index contributed by atoms with van der Waals surface area (Å²) < 4.78 is 6.34. The molecule has 1 aromatic carbocycles. The van der Waals surface area contributed by atoms with Crippen LogP contribution >= 0.6 is 15.9 Å². The Morgan fingerprint density at radius 3 is 3.00 bits per heavy atom. The van der Waals surface area contributed by atoms with Gasteiger partial charge in [-0.2, -0.15) is 0 Å². The molecule has 0 amide bonds. The molecule has 82 valence electrons. The van der Waals surface area contributed by atoms with E-state index in [1.54, 1.807) is 7.11 Å². The first kappa shape index (κ1) is 11.0. The van der Waals surface area contributed by atoms with E-state index < -0.39 is 0 Å². The van der Waals surface area contributed by atoms with E-state index in [0.29, 0.717) is 6.04 Å². The molecule has 1 saturated heterocycles. The summed E-state index contributed by atoms with van der Waals surface area (Å²) in [6.07, 6.45) is 3.68. The van der Waals surface area contributed by atoms with Crippen molar-refractivity contribution in [2.24, 2.45) is 0 Å². The van der Waals surface area contributed by atoms with Crippen molar-refractivity contribution in [3.8, 4) is 5.75 Å². The quantitative estimate of drug-likeness (QED) is 0.911. The Balaban J connectivity index is 2.09. The zero-order valence-corrected chi connectivity index (χ0v) is 10.5. The minimum absolute atomic E-state index is 0.643. The van der Waals surface area contributed by atoms with Gasteiger partial charge in [0.05, 0.1) is 7.11 Å². The van der Waals surface area contributed by atoms with E-state index >= 15 is 0 Å². The summed E-state index contributed by atoms with van der Waals surface area (Å²) in [4.78, 5) is 0. The van der Waals surface area contributed by atoms with Gasteiger partial charge in [0.2, 0.25) is 0 Å². The smallest absolute Gasteiger partial charge is 0.120 e. The molecule has 1 unspecified atom stereocenters. The SMILES string of the molecule is COc1cc(Br)cc(CC2CCCN2)c1. The summed E-state index contributed by atoms with van der Waals surface area (Å²) in [6, 6.07) is 6.92. The lowest BCUT2D eigenvalue weighted by Gasteiger charge is -2.11. The molecule has 1 N–H and O–H groups in total. The normalized spacial score (nSPS) is 20.5. The van der Waals surface area contributed by atoms with Gasteiger partial charge in [-0.05, 0) is 49.6 Å². The van der Waals surface area contributed by atoms with Gasteiger partial charge in [0.25, 0.3) is 0 Å². The lowest BCUT2D eigenvalue weighted by molar-refractivity contribution is 0.413. The van der Waals surface area contributed by atoms with E-state index in [1.165, 1.54) is 18.4 Å². The Morgan fingerprint density at radius 1 is 1.47 bits per heavy atom. The van der Waals surface area contributed by atoms with Gasteiger partial charge in [-0.25, -0.2) is 0 Å². The van der Waals surface area contributed by atoms with Crippen LogP contribution in [0.15, 0.2) is 22.7 Å². The van der Waals surface area contributed by atoms with E-state index in [2.05, 4.69) is 33.4 Å². The van der Waals surface area contributed by atoms with Crippen LogP contribution in [0.1, 0.15) is 18.4 Å². The topological polar surface area (TPSA) is 21.3 Å². The molecule has 2 rings (SSSR count). The lowest BCUT2D eigenvalue weighted by atomic mass is 10.0. The van der Waals surface area contributed by atoms with Gasteiger partial charge in [-0.15, -0.1) is 0 Å². The van der Waals surface area contributed by atoms with Crippen LogP contribution in [0.4, 0.5) is 0 Å². The van der Waals surface area contributed by atoms with Crippen LogP contribution in [-0.2, 0) is 6.42 Å². The molecule has 0 spiro atoms. The van der Waals surface area contributed by atoms with Gasteiger partial charge in [0.15, 0.2) is 0 Å². The minimum atomic E-state index is 0.643. The molecular weight excluding hydrogens is 254 g/mol. The zero-order valence-electron chi connectivity index (χ0n) is 8.92. The second-order valence-electron chi connectivity index (χ2n) is 4.00. The average Bonchev–Trinajstić information content (AvgIpc) is 2.69. The Morgan fingerprint density at radius 2 is 2.33 bits per heavy atom. The Bertz CT molecular complexity index is 334. The molecule has 1 aromatic rings. The highest BCUT2D eigenvalue weighted by atomic mass is 79.9. The maximum Gasteiger partial charge on any atom is 0.120 e. The Labute approximate surface area is 99.1 Å². The highest BCUT2D eigenvalue weighted by molar-refractivity contribution is 9.10. The molecule has 2 nitrogen and oxygen atoms in total. The first-order valence-corrected chi connectivity index (χ1v) is 6.14. The van der Waals surface area contributed by atoms with Gasteiger partial charge in [0.1, 0.15) is 5.75 Å². The number of benzene rings is 1. The monoisotopic (exact) mass is 269 g/mol. The first-order valence-electron chi connectivity index (χ1n) is 5.35. The Hall–Kier alpha value is -0.540. The number of rotatable bonds is 3. The highest BCUT2D eigenvalue weighted by Gasteiger charge is 2.14. The van der Waals surface area contributed by atoms with Crippen molar-refractivity contribution in [1.82, 2.24) is 5.32 Å². The highest BCUT2D eigenvalue weighted by Crippen LogP contribution is 2.23. The maximum atomic E-state index is 5.25. The van der Waals surface area contributed by atoms with E-state index in [1.807, 2.05) is 6.07 Å². The van der Waals surface area contributed by atoms with Crippen LogP contribution in [0.2, 0.25) is 0 Å². The molecule has 1 aliphatic rings. The second kappa shape index (κ2) is 4.99. The number of hydrogen-bond donors (Lipinski definition) is 1. The van der Waals surface area contributed by atoms with Crippen molar-refractivity contribution in [3.63, 3.8) is 0 Å². The molecule has 3 heteroatoms. The summed E-state index contributed by atoms with van der Waals surface area (Å²) >= 11 is 3.50. The predicted molar refractivity (Wildman–Crippen MR) is 65.4 cm³/mol. The molecule has 0 radical (unpaired) electrons.